The number of benzene rings is 13. The molecule has 24 nitrogen and oxygen atoms in total. The number of nitrogens with zero attached hydrogens (tertiary/aromatic N) is 3. The molecule has 3 spiro atoms. The van der Waals surface area contributed by atoms with Crippen molar-refractivity contribution in [1.29, 1.82) is 0 Å². The zero-order valence-corrected chi connectivity index (χ0v) is 83.5. The van der Waals surface area contributed by atoms with E-state index in [1.54, 1.807) is 55.5 Å². The fourth-order valence-corrected chi connectivity index (χ4v) is 25.5. The molecular weight excluding hydrogens is 1830 g/mol. The smallest absolute Gasteiger partial charge is 0.318 e. The number of aromatic hydroxyl groups is 1. The molecule has 0 radical (unpaired) electrons. The number of aliphatic carboxylic acids is 2. The van der Waals surface area contributed by atoms with Gasteiger partial charge in [-0.25, -0.2) is 0 Å². The summed E-state index contributed by atoms with van der Waals surface area (Å²) < 4.78 is 64.6. The number of carbonyl (C=O) groups is 5. The Balaban J connectivity index is 0.000000116. The number of hydrogen-bond donors (Lipinski definition) is 5. The highest BCUT2D eigenvalue weighted by Gasteiger charge is 2.68. The number of rotatable bonds is 18. The number of methoxy groups -OCH3 is 5. The second kappa shape index (κ2) is 38.4. The Hall–Kier alpha value is -14.3. The van der Waals surface area contributed by atoms with Gasteiger partial charge in [-0.2, -0.15) is 0 Å². The second-order valence-electron chi connectivity index (χ2n) is 41.1. The molecule has 12 aliphatic rings. The van der Waals surface area contributed by atoms with Crippen molar-refractivity contribution >= 4 is 83.7 Å². The number of ether oxygens (including phenoxy) is 11. The molecule has 5 unspecified atom stereocenters. The molecule has 20 atom stereocenters. The predicted octanol–water partition coefficient (Wildman–Crippen LogP) is 19.5. The van der Waals surface area contributed by atoms with Gasteiger partial charge in [0.05, 0.1) is 65.1 Å². The third-order valence-electron chi connectivity index (χ3n) is 33.7. The molecule has 13 aromatic rings. The van der Waals surface area contributed by atoms with Gasteiger partial charge < -0.3 is 92.3 Å². The van der Waals surface area contributed by atoms with E-state index in [0.29, 0.717) is 46.7 Å². The molecule has 746 valence electrons. The van der Waals surface area contributed by atoms with Gasteiger partial charge in [0.1, 0.15) is 59.3 Å². The number of likely N-dealkylation sites (tertiary alicyclic amines) is 3. The molecule has 6 aliphatic heterocycles. The van der Waals surface area contributed by atoms with Gasteiger partial charge in [0.2, 0.25) is 0 Å². The Kier molecular flexibility index (Phi) is 25.6. The molecule has 145 heavy (non-hydrogen) atoms. The van der Waals surface area contributed by atoms with Crippen molar-refractivity contribution in [3.63, 3.8) is 0 Å². The van der Waals surface area contributed by atoms with Crippen LogP contribution in [0.3, 0.4) is 0 Å². The lowest BCUT2D eigenvalue weighted by molar-refractivity contribution is -0.156. The van der Waals surface area contributed by atoms with Crippen molar-refractivity contribution in [2.75, 3.05) is 76.3 Å². The fraction of sp³-hybridized carbons (Fsp3) is 0.347. The van der Waals surface area contributed by atoms with Crippen LogP contribution >= 0.6 is 0 Å². The van der Waals surface area contributed by atoms with Crippen LogP contribution in [-0.2, 0) is 64.2 Å². The van der Waals surface area contributed by atoms with E-state index in [2.05, 4.69) is 66.2 Å². The normalized spacial score (nSPS) is 25.8. The second-order valence-corrected chi connectivity index (χ2v) is 41.1. The number of phenolic OH excluding ortho intramolecular Hbond substituents is 1. The minimum atomic E-state index is -0.808. The maximum absolute atomic E-state index is 13.9. The standard InChI is InChI=1S/C45H43NO7.C31H31NO5.C17H19NO3.2C14H14O3/c1-25(27-6-8-31-22-34(49-4)13-10-29(31)20-27)43(47)51-38-16-12-33-24-37-36-15-17-39(42-45(36,18-19-46(37)3)40(33)41(38)53-42)52-44(48)26(2)28-7-9-32-23-35(50-5)14-11-30(32)21-28;1-17(18-4-5-20-15-22(35-3)8-6-19(20)14-18)30(34)36-26-11-7-21-16-24-23-9-10-25(33)29-31(23,12-13-32(24)2)27(21)28(26)37-29;1-18-7-6-17-10-3-5-13(20)16(17)21-15-12(19)4-2-9(14(15)17)8-11(10)18;2*1-9(14(15)16)10-3-4-12-8-13(17-2)6-5-11(12)7-10/h6-17,20-23,25-26,36-37,39,42H,18-19,24H2,1-5H3;4-11,14-15,17,23-25,29,33H,12-13,16H2,1-3H3;2-5,10-11,13,16,19-20H,6-8H2,1H3;2*3-9H,1-2H3,(H,15,16)/t25?,26?,36-,37+,39-,42-,45-;17?,23-,24+,25-,29-,31-;10-,11+,13-,16-,17-;;/m000../s1. The maximum Gasteiger partial charge on any atom is 0.318 e. The Morgan fingerprint density at radius 1 is 0.331 bits per heavy atom. The highest BCUT2D eigenvalue weighted by molar-refractivity contribution is 5.93. The highest BCUT2D eigenvalue weighted by Crippen LogP contribution is 2.67. The predicted molar refractivity (Wildman–Crippen MR) is 554 cm³/mol. The Bertz CT molecular complexity index is 7350. The summed E-state index contributed by atoms with van der Waals surface area (Å²) in [6.07, 6.45) is 15.0. The molecular formula is C121H121N3O21. The molecule has 6 heterocycles. The van der Waals surface area contributed by atoms with E-state index in [1.807, 2.05) is 239 Å². The average molecular weight is 1950 g/mol. The van der Waals surface area contributed by atoms with Crippen LogP contribution in [0.2, 0.25) is 0 Å². The van der Waals surface area contributed by atoms with Gasteiger partial charge >= 0.3 is 29.8 Å². The summed E-state index contributed by atoms with van der Waals surface area (Å²) in [6, 6.07) is 71.4. The van der Waals surface area contributed by atoms with Crippen LogP contribution in [0.4, 0.5) is 0 Å². The monoisotopic (exact) mass is 1950 g/mol. The number of piperidine rings is 3. The molecule has 6 aliphatic carbocycles. The minimum Gasteiger partial charge on any atom is -0.504 e. The summed E-state index contributed by atoms with van der Waals surface area (Å²) in [5, 5.41) is 59.9. The van der Waals surface area contributed by atoms with E-state index >= 15 is 0 Å². The molecule has 5 N–H and O–H groups in total. The fourth-order valence-electron chi connectivity index (χ4n) is 25.5. The van der Waals surface area contributed by atoms with E-state index in [4.69, 9.17) is 62.3 Å². The lowest BCUT2D eigenvalue weighted by Gasteiger charge is -2.56. The molecule has 0 saturated carbocycles. The number of aliphatic hydroxyl groups is 2. The average Bonchev–Trinajstić information content (AvgIpc) is 1.55. The third-order valence-corrected chi connectivity index (χ3v) is 33.7. The number of esters is 3. The van der Waals surface area contributed by atoms with Gasteiger partial charge in [0.15, 0.2) is 40.6 Å². The first-order valence-corrected chi connectivity index (χ1v) is 50.1. The van der Waals surface area contributed by atoms with Gasteiger partial charge in [0, 0.05) is 68.8 Å². The quantitative estimate of drug-likeness (QED) is 0.0303. The number of carboxylic acid groups (broad SMARTS) is 2. The number of carbonyl (C=O) groups excluding carboxylic acids is 3. The lowest BCUT2D eigenvalue weighted by Crippen LogP contribution is -2.65. The molecule has 0 aromatic heterocycles. The molecule has 24 heteroatoms. The van der Waals surface area contributed by atoms with Crippen LogP contribution in [0, 0.1) is 17.8 Å². The Morgan fingerprint density at radius 3 is 0.938 bits per heavy atom. The first-order valence-electron chi connectivity index (χ1n) is 50.1. The van der Waals surface area contributed by atoms with Crippen molar-refractivity contribution in [2.45, 2.75) is 174 Å². The van der Waals surface area contributed by atoms with Gasteiger partial charge in [-0.15, -0.1) is 0 Å². The van der Waals surface area contributed by atoms with Crippen molar-refractivity contribution in [3.8, 4) is 63.2 Å². The largest absolute Gasteiger partial charge is 0.504 e. The van der Waals surface area contributed by atoms with Crippen molar-refractivity contribution < 1.29 is 102 Å². The summed E-state index contributed by atoms with van der Waals surface area (Å²) in [6.45, 7) is 11.9. The van der Waals surface area contributed by atoms with E-state index in [1.165, 1.54) is 22.3 Å². The van der Waals surface area contributed by atoms with Crippen LogP contribution in [0.15, 0.2) is 255 Å². The van der Waals surface area contributed by atoms with Crippen molar-refractivity contribution in [1.82, 2.24) is 14.7 Å². The first-order chi connectivity index (χ1) is 69.9. The molecule has 25 rings (SSSR count). The van der Waals surface area contributed by atoms with Crippen LogP contribution in [0.25, 0.3) is 53.9 Å². The van der Waals surface area contributed by atoms with Gasteiger partial charge in [-0.05, 0) is 297 Å². The molecule has 3 saturated heterocycles. The van der Waals surface area contributed by atoms with Gasteiger partial charge in [-0.3, -0.25) is 24.0 Å². The number of likely N-dealkylation sites (N-methyl/N-ethyl adjacent to an activating group) is 3. The van der Waals surface area contributed by atoms with Gasteiger partial charge in [-0.1, -0.05) is 170 Å². The lowest BCUT2D eigenvalue weighted by atomic mass is 9.53. The molecule has 0 amide bonds. The van der Waals surface area contributed by atoms with Crippen molar-refractivity contribution in [2.24, 2.45) is 17.8 Å². The van der Waals surface area contributed by atoms with Crippen LogP contribution in [-0.4, -0.2) is 201 Å². The zero-order valence-electron chi connectivity index (χ0n) is 83.5. The van der Waals surface area contributed by atoms with Gasteiger partial charge in [0.25, 0.3) is 0 Å². The summed E-state index contributed by atoms with van der Waals surface area (Å²) in [4.78, 5) is 70.3. The summed E-state index contributed by atoms with van der Waals surface area (Å²) >= 11 is 0. The number of aliphatic hydroxyl groups excluding tert-OH is 2. The number of carboxylic acids is 2. The first kappa shape index (κ1) is 96.8. The van der Waals surface area contributed by atoms with Crippen LogP contribution < -0.4 is 47.4 Å². The summed E-state index contributed by atoms with van der Waals surface area (Å²) in [5.41, 5.74) is 10.6. The Morgan fingerprint density at radius 2 is 0.607 bits per heavy atom. The topological polar surface area (TPSA) is 298 Å². The molecule has 3 fully saturated rings. The van der Waals surface area contributed by atoms with E-state index in [-0.39, 0.29) is 64.6 Å². The van der Waals surface area contributed by atoms with Crippen molar-refractivity contribution in [3.05, 3.63) is 316 Å². The minimum absolute atomic E-state index is 0.160. The number of hydrogen-bond acceptors (Lipinski definition) is 22. The summed E-state index contributed by atoms with van der Waals surface area (Å²) in [5.74, 6) is 2.70. The zero-order chi connectivity index (χ0) is 101. The summed E-state index contributed by atoms with van der Waals surface area (Å²) in [7, 11) is 14.8. The molecule has 6 bridgehead atoms. The van der Waals surface area contributed by atoms with E-state index < -0.39 is 71.4 Å². The van der Waals surface area contributed by atoms with E-state index in [9.17, 15) is 39.3 Å². The number of phenols is 1. The van der Waals surface area contributed by atoms with Crippen LogP contribution in [0.5, 0.6) is 63.2 Å². The highest BCUT2D eigenvalue weighted by atomic mass is 16.6. The van der Waals surface area contributed by atoms with Crippen LogP contribution in [0.1, 0.15) is 145 Å². The SMILES string of the molecule is CN1CC[C@]23c4c5ccc(O)c4O[C@H]2[C@@H](O)C=C[C@H]3[C@H]1C5.COc1ccc2cc(C(C)C(=O)O)ccc2c1.COc1ccc2cc(C(C)C(=O)O)ccc2c1.COc1ccc2cc(C(C)C(=O)Oc3ccc4c5c3O[C@H]3[C@@H](O)C=C[C@H]6[C@@H](C4)N(C)CC[C@@]563)ccc2c1.COc1ccc2cc(C(C)C(=O)Oc3ccc4c5c3O[C@H]3[C@@H](OC(=O)C(C)c6ccc7cc(OC)ccc7c6)C=C[C@H]6[C@@H](C4)N(C)CC[C@@]563)ccc2c1. The third kappa shape index (κ3) is 16.7. The maximum atomic E-state index is 13.9. The number of fused-ring (bicyclic) bond motifs is 5. The Labute approximate surface area is 842 Å². The van der Waals surface area contributed by atoms with E-state index in [0.717, 1.165) is 180 Å². The molecule has 13 aromatic carbocycles.